The predicted octanol–water partition coefficient (Wildman–Crippen LogP) is 3.01. The Labute approximate surface area is 97.7 Å². The monoisotopic (exact) mass is 222 g/mol. The first-order valence-electron chi connectivity index (χ1n) is 6.87. The standard InChI is InChI=1S/C14H22O2/c1-8(2)14(15)16-13-7-9-6-12(13)11-5-3-4-10(9)11/h8-13H,3-7H2,1-2H3/t9?,10-,11+,12?,13+/m1/s1. The van der Waals surface area contributed by atoms with Crippen molar-refractivity contribution in [3.8, 4) is 0 Å². The van der Waals surface area contributed by atoms with Gasteiger partial charge in [-0.2, -0.15) is 0 Å². The highest BCUT2D eigenvalue weighted by Crippen LogP contribution is 2.59. The van der Waals surface area contributed by atoms with Crippen LogP contribution in [0.2, 0.25) is 0 Å². The van der Waals surface area contributed by atoms with Crippen LogP contribution in [0.15, 0.2) is 0 Å². The highest BCUT2D eigenvalue weighted by atomic mass is 16.5. The summed E-state index contributed by atoms with van der Waals surface area (Å²) < 4.78 is 5.68. The van der Waals surface area contributed by atoms with E-state index in [1.54, 1.807) is 0 Å². The number of carbonyl (C=O) groups is 1. The third kappa shape index (κ3) is 1.49. The van der Waals surface area contributed by atoms with Gasteiger partial charge in [0, 0.05) is 0 Å². The summed E-state index contributed by atoms with van der Waals surface area (Å²) in [5.74, 6) is 3.50. The van der Waals surface area contributed by atoms with Crippen molar-refractivity contribution < 1.29 is 9.53 Å². The minimum absolute atomic E-state index is 0.00657. The average Bonchev–Trinajstić information content (AvgIpc) is 2.87. The second-order valence-electron chi connectivity index (χ2n) is 6.28. The third-order valence-electron chi connectivity index (χ3n) is 5.11. The molecule has 0 N–H and O–H groups in total. The average molecular weight is 222 g/mol. The van der Waals surface area contributed by atoms with Gasteiger partial charge in [0.05, 0.1) is 5.92 Å². The van der Waals surface area contributed by atoms with Gasteiger partial charge in [0.25, 0.3) is 0 Å². The highest BCUT2D eigenvalue weighted by Gasteiger charge is 2.55. The first-order chi connectivity index (χ1) is 7.66. The number of ether oxygens (including phenoxy) is 1. The molecule has 0 aromatic heterocycles. The summed E-state index contributed by atoms with van der Waals surface area (Å²) >= 11 is 0. The zero-order valence-electron chi connectivity index (χ0n) is 10.3. The van der Waals surface area contributed by atoms with Crippen molar-refractivity contribution in [1.82, 2.24) is 0 Å². The molecule has 0 aromatic carbocycles. The van der Waals surface area contributed by atoms with Crippen LogP contribution in [0.3, 0.4) is 0 Å². The van der Waals surface area contributed by atoms with E-state index in [2.05, 4.69) is 0 Å². The van der Waals surface area contributed by atoms with Crippen LogP contribution < -0.4 is 0 Å². The fourth-order valence-corrected chi connectivity index (χ4v) is 4.43. The van der Waals surface area contributed by atoms with E-state index in [-0.39, 0.29) is 18.0 Å². The van der Waals surface area contributed by atoms with E-state index in [1.165, 1.54) is 25.7 Å². The third-order valence-corrected chi connectivity index (χ3v) is 5.11. The molecule has 0 saturated heterocycles. The fraction of sp³-hybridized carbons (Fsp3) is 0.929. The lowest BCUT2D eigenvalue weighted by Crippen LogP contribution is -2.33. The summed E-state index contributed by atoms with van der Waals surface area (Å²) in [5, 5.41) is 0. The number of rotatable bonds is 2. The van der Waals surface area contributed by atoms with Crippen molar-refractivity contribution >= 4 is 5.97 Å². The van der Waals surface area contributed by atoms with Crippen molar-refractivity contribution in [2.24, 2.45) is 29.6 Å². The molecule has 3 fully saturated rings. The van der Waals surface area contributed by atoms with Crippen molar-refractivity contribution in [3.63, 3.8) is 0 Å². The predicted molar refractivity (Wildman–Crippen MR) is 61.8 cm³/mol. The van der Waals surface area contributed by atoms with Crippen LogP contribution in [0.25, 0.3) is 0 Å². The second-order valence-corrected chi connectivity index (χ2v) is 6.28. The number of fused-ring (bicyclic) bond motifs is 5. The van der Waals surface area contributed by atoms with Crippen molar-refractivity contribution in [2.45, 2.75) is 52.1 Å². The van der Waals surface area contributed by atoms with Gasteiger partial charge < -0.3 is 4.74 Å². The molecule has 0 aliphatic heterocycles. The lowest BCUT2D eigenvalue weighted by atomic mass is 9.80. The lowest BCUT2D eigenvalue weighted by Gasteiger charge is -2.31. The van der Waals surface area contributed by atoms with E-state index in [0.717, 1.165) is 24.2 Å². The van der Waals surface area contributed by atoms with Gasteiger partial charge in [0.2, 0.25) is 0 Å². The molecular weight excluding hydrogens is 200 g/mol. The van der Waals surface area contributed by atoms with Crippen molar-refractivity contribution in [2.75, 3.05) is 0 Å². The maximum Gasteiger partial charge on any atom is 0.308 e. The second kappa shape index (κ2) is 3.75. The molecule has 0 amide bonds. The van der Waals surface area contributed by atoms with Crippen LogP contribution in [0.1, 0.15) is 46.0 Å². The molecule has 0 spiro atoms. The van der Waals surface area contributed by atoms with Crippen molar-refractivity contribution in [3.05, 3.63) is 0 Å². The number of hydrogen-bond donors (Lipinski definition) is 0. The first-order valence-corrected chi connectivity index (χ1v) is 6.87. The Morgan fingerprint density at radius 2 is 1.88 bits per heavy atom. The Balaban J connectivity index is 1.66. The van der Waals surface area contributed by atoms with E-state index in [1.807, 2.05) is 13.8 Å². The molecule has 2 unspecified atom stereocenters. The summed E-state index contributed by atoms with van der Waals surface area (Å²) in [4.78, 5) is 11.6. The molecule has 2 bridgehead atoms. The highest BCUT2D eigenvalue weighted by molar-refractivity contribution is 5.71. The van der Waals surface area contributed by atoms with E-state index in [0.29, 0.717) is 5.92 Å². The fourth-order valence-electron chi connectivity index (χ4n) is 4.43. The van der Waals surface area contributed by atoms with Gasteiger partial charge in [-0.25, -0.2) is 0 Å². The summed E-state index contributed by atoms with van der Waals surface area (Å²) in [5.41, 5.74) is 0. The Bertz CT molecular complexity index is 297. The lowest BCUT2D eigenvalue weighted by molar-refractivity contribution is -0.156. The number of hydrogen-bond acceptors (Lipinski definition) is 2. The van der Waals surface area contributed by atoms with Gasteiger partial charge in [0.15, 0.2) is 0 Å². The number of esters is 1. The quantitative estimate of drug-likeness (QED) is 0.671. The molecule has 3 saturated carbocycles. The van der Waals surface area contributed by atoms with Gasteiger partial charge in [-0.1, -0.05) is 20.3 Å². The molecule has 2 nitrogen and oxygen atoms in total. The number of carbonyl (C=O) groups excluding carboxylic acids is 1. The maximum absolute atomic E-state index is 11.6. The normalized spacial score (nSPS) is 45.1. The minimum Gasteiger partial charge on any atom is -0.462 e. The molecule has 16 heavy (non-hydrogen) atoms. The summed E-state index contributed by atoms with van der Waals surface area (Å²) in [7, 11) is 0. The maximum atomic E-state index is 11.6. The zero-order valence-corrected chi connectivity index (χ0v) is 10.3. The molecule has 2 heteroatoms. The molecular formula is C14H22O2. The van der Waals surface area contributed by atoms with Crippen LogP contribution in [-0.4, -0.2) is 12.1 Å². The zero-order chi connectivity index (χ0) is 11.3. The SMILES string of the molecule is CC(C)C(=O)O[C@H]1CC2CC1[C@H]1CCC[C@H]21. The molecule has 0 radical (unpaired) electrons. The van der Waals surface area contributed by atoms with E-state index >= 15 is 0 Å². The van der Waals surface area contributed by atoms with Gasteiger partial charge in [-0.3, -0.25) is 4.79 Å². The minimum atomic E-state index is 0.00657. The van der Waals surface area contributed by atoms with Crippen molar-refractivity contribution in [1.29, 1.82) is 0 Å². The van der Waals surface area contributed by atoms with Gasteiger partial charge in [0.1, 0.15) is 6.10 Å². The van der Waals surface area contributed by atoms with Crippen LogP contribution >= 0.6 is 0 Å². The van der Waals surface area contributed by atoms with Crippen LogP contribution in [0.4, 0.5) is 0 Å². The smallest absolute Gasteiger partial charge is 0.308 e. The first kappa shape index (κ1) is 10.6. The molecule has 3 aliphatic carbocycles. The summed E-state index contributed by atoms with van der Waals surface area (Å²) in [6, 6.07) is 0. The Morgan fingerprint density at radius 1 is 1.12 bits per heavy atom. The molecule has 0 aromatic rings. The Kier molecular flexibility index (Phi) is 2.49. The van der Waals surface area contributed by atoms with E-state index in [9.17, 15) is 4.79 Å². The molecule has 0 heterocycles. The Hall–Kier alpha value is -0.530. The van der Waals surface area contributed by atoms with Crippen LogP contribution in [0.5, 0.6) is 0 Å². The topological polar surface area (TPSA) is 26.3 Å². The van der Waals surface area contributed by atoms with E-state index < -0.39 is 0 Å². The van der Waals surface area contributed by atoms with Gasteiger partial charge >= 0.3 is 5.97 Å². The van der Waals surface area contributed by atoms with Gasteiger partial charge in [-0.15, -0.1) is 0 Å². The Morgan fingerprint density at radius 3 is 2.62 bits per heavy atom. The summed E-state index contributed by atoms with van der Waals surface area (Å²) in [6.07, 6.45) is 7.00. The van der Waals surface area contributed by atoms with Gasteiger partial charge in [-0.05, 0) is 49.4 Å². The van der Waals surface area contributed by atoms with Crippen LogP contribution in [-0.2, 0) is 9.53 Å². The van der Waals surface area contributed by atoms with E-state index in [4.69, 9.17) is 4.74 Å². The molecule has 5 atom stereocenters. The van der Waals surface area contributed by atoms with Crippen LogP contribution in [0, 0.1) is 29.6 Å². The largest absolute Gasteiger partial charge is 0.462 e. The summed E-state index contributed by atoms with van der Waals surface area (Å²) in [6.45, 7) is 3.85. The molecule has 3 aliphatic rings. The molecule has 3 rings (SSSR count). The molecule has 90 valence electrons.